The molecule has 6 heteroatoms. The number of aromatic nitrogens is 4. The molecule has 0 aliphatic carbocycles. The van der Waals surface area contributed by atoms with Crippen LogP contribution in [0.5, 0.6) is 0 Å². The Balaban J connectivity index is 1.20. The lowest BCUT2D eigenvalue weighted by molar-refractivity contribution is 1.08. The first kappa shape index (κ1) is 27.3. The normalized spacial score (nSPS) is 11.8. The summed E-state index contributed by atoms with van der Waals surface area (Å²) in [5.41, 5.74) is 5.04. The van der Waals surface area contributed by atoms with E-state index in [2.05, 4.69) is 121 Å². The van der Waals surface area contributed by atoms with Crippen molar-refractivity contribution in [1.29, 1.82) is 0 Å². The van der Waals surface area contributed by atoms with Gasteiger partial charge in [-0.3, -0.25) is 0 Å². The summed E-state index contributed by atoms with van der Waals surface area (Å²) >= 11 is 3.54. The van der Waals surface area contributed by atoms with E-state index in [4.69, 9.17) is 19.9 Å². The molecule has 10 rings (SSSR count). The van der Waals surface area contributed by atoms with Crippen molar-refractivity contribution < 1.29 is 0 Å². The summed E-state index contributed by atoms with van der Waals surface area (Å²) in [5.74, 6) is 1.96. The van der Waals surface area contributed by atoms with Gasteiger partial charge in [-0.05, 0) is 45.8 Å². The van der Waals surface area contributed by atoms with Gasteiger partial charge in [0.25, 0.3) is 0 Å². The molecule has 0 amide bonds. The molecule has 0 fully saturated rings. The maximum absolute atomic E-state index is 5.20. The van der Waals surface area contributed by atoms with E-state index in [1.807, 2.05) is 24.3 Å². The minimum absolute atomic E-state index is 0.652. The number of thiazole rings is 1. The Morgan fingerprint density at radius 1 is 0.375 bits per heavy atom. The fourth-order valence-corrected chi connectivity index (χ4v) is 8.84. The molecule has 3 aromatic heterocycles. The molecule has 0 aliphatic rings. The number of hydrogen-bond donors (Lipinski definition) is 0. The highest BCUT2D eigenvalue weighted by molar-refractivity contribution is 7.26. The van der Waals surface area contributed by atoms with Crippen LogP contribution >= 0.6 is 22.7 Å². The molecule has 0 saturated carbocycles. The van der Waals surface area contributed by atoms with Crippen molar-refractivity contribution in [2.75, 3.05) is 0 Å². The molecule has 48 heavy (non-hydrogen) atoms. The molecule has 3 heterocycles. The Hall–Kier alpha value is -5.82. The zero-order valence-electron chi connectivity index (χ0n) is 25.5. The van der Waals surface area contributed by atoms with Crippen molar-refractivity contribution in [3.8, 4) is 44.7 Å². The Morgan fingerprint density at radius 2 is 1.06 bits per heavy atom. The second-order valence-electron chi connectivity index (χ2n) is 11.9. The van der Waals surface area contributed by atoms with E-state index in [1.165, 1.54) is 41.0 Å². The Morgan fingerprint density at radius 3 is 1.90 bits per heavy atom. The highest BCUT2D eigenvalue weighted by Crippen LogP contribution is 2.43. The molecular weight excluding hydrogens is 625 g/mol. The number of thiophene rings is 1. The van der Waals surface area contributed by atoms with E-state index in [-0.39, 0.29) is 0 Å². The third-order valence-electron chi connectivity index (χ3n) is 8.94. The molecule has 0 bridgehead atoms. The molecule has 0 N–H and O–H groups in total. The first-order chi connectivity index (χ1) is 23.7. The summed E-state index contributed by atoms with van der Waals surface area (Å²) < 4.78 is 3.61. The molecular formula is C42H24N4S2. The van der Waals surface area contributed by atoms with Crippen LogP contribution in [0.2, 0.25) is 0 Å². The fourth-order valence-electron chi connectivity index (χ4n) is 6.62. The highest BCUT2D eigenvalue weighted by atomic mass is 32.1. The summed E-state index contributed by atoms with van der Waals surface area (Å²) in [5, 5.41) is 8.15. The quantitative estimate of drug-likeness (QED) is 0.178. The maximum Gasteiger partial charge on any atom is 0.164 e. The molecule has 0 aliphatic heterocycles. The molecule has 0 radical (unpaired) electrons. The van der Waals surface area contributed by atoms with Crippen molar-refractivity contribution in [3.05, 3.63) is 146 Å². The monoisotopic (exact) mass is 648 g/mol. The summed E-state index contributed by atoms with van der Waals surface area (Å²) in [6.07, 6.45) is 0. The van der Waals surface area contributed by atoms with E-state index >= 15 is 0 Å². The van der Waals surface area contributed by atoms with Crippen molar-refractivity contribution in [2.24, 2.45) is 0 Å². The lowest BCUT2D eigenvalue weighted by atomic mass is 9.99. The number of fused-ring (bicyclic) bond motifs is 7. The molecule has 224 valence electrons. The summed E-state index contributed by atoms with van der Waals surface area (Å²) in [6, 6.07) is 50.9. The van der Waals surface area contributed by atoms with Crippen LogP contribution in [-0.4, -0.2) is 19.9 Å². The first-order valence-corrected chi connectivity index (χ1v) is 17.4. The van der Waals surface area contributed by atoms with Crippen LogP contribution in [0.1, 0.15) is 0 Å². The van der Waals surface area contributed by atoms with Crippen molar-refractivity contribution >= 4 is 74.6 Å². The fraction of sp³-hybridized carbons (Fsp3) is 0. The number of benzene rings is 7. The molecule has 0 unspecified atom stereocenters. The van der Waals surface area contributed by atoms with Crippen molar-refractivity contribution in [2.45, 2.75) is 0 Å². The van der Waals surface area contributed by atoms with E-state index in [0.717, 1.165) is 38.2 Å². The van der Waals surface area contributed by atoms with Crippen LogP contribution in [0.25, 0.3) is 96.7 Å². The largest absolute Gasteiger partial charge is 0.236 e. The van der Waals surface area contributed by atoms with E-state index in [0.29, 0.717) is 17.5 Å². The van der Waals surface area contributed by atoms with E-state index in [1.54, 1.807) is 22.7 Å². The molecule has 0 atom stereocenters. The third kappa shape index (κ3) is 4.49. The summed E-state index contributed by atoms with van der Waals surface area (Å²) in [7, 11) is 0. The Bertz CT molecular complexity index is 2840. The van der Waals surface area contributed by atoms with Crippen LogP contribution in [0.3, 0.4) is 0 Å². The molecule has 4 nitrogen and oxygen atoms in total. The lowest BCUT2D eigenvalue weighted by Crippen LogP contribution is -2.00. The average molecular weight is 649 g/mol. The number of rotatable bonds is 4. The van der Waals surface area contributed by atoms with Crippen LogP contribution in [-0.2, 0) is 0 Å². The minimum atomic E-state index is 0.652. The van der Waals surface area contributed by atoms with Gasteiger partial charge in [-0.2, -0.15) is 0 Å². The van der Waals surface area contributed by atoms with Crippen LogP contribution < -0.4 is 0 Å². The van der Waals surface area contributed by atoms with Crippen LogP contribution in [0.4, 0.5) is 0 Å². The van der Waals surface area contributed by atoms with Gasteiger partial charge in [0.1, 0.15) is 5.01 Å². The van der Waals surface area contributed by atoms with Gasteiger partial charge in [0.05, 0.1) is 10.2 Å². The molecule has 10 aromatic rings. The first-order valence-electron chi connectivity index (χ1n) is 15.8. The highest BCUT2D eigenvalue weighted by Gasteiger charge is 2.19. The second-order valence-corrected chi connectivity index (χ2v) is 14.0. The van der Waals surface area contributed by atoms with Crippen LogP contribution in [0.15, 0.2) is 146 Å². The summed E-state index contributed by atoms with van der Waals surface area (Å²) in [4.78, 5) is 20.4. The zero-order valence-corrected chi connectivity index (χ0v) is 27.1. The van der Waals surface area contributed by atoms with Gasteiger partial charge < -0.3 is 0 Å². The van der Waals surface area contributed by atoms with Crippen molar-refractivity contribution in [1.82, 2.24) is 19.9 Å². The Kier molecular flexibility index (Phi) is 6.19. The predicted octanol–water partition coefficient (Wildman–Crippen LogP) is 11.8. The van der Waals surface area contributed by atoms with Gasteiger partial charge in [-0.1, -0.05) is 121 Å². The number of nitrogens with zero attached hydrogens (tertiary/aromatic N) is 4. The van der Waals surface area contributed by atoms with Gasteiger partial charge in [-0.25, -0.2) is 19.9 Å². The lowest BCUT2D eigenvalue weighted by Gasteiger charge is -2.11. The predicted molar refractivity (Wildman–Crippen MR) is 203 cm³/mol. The smallest absolute Gasteiger partial charge is 0.164 e. The topological polar surface area (TPSA) is 51.6 Å². The standard InChI is InChI=1S/C42H24N4S2/c1-3-11-27(12-4-1)39-44-40(29-21-20-26-19-18-25-10-7-8-15-30(25)32(26)22-29)46-41(45-39)31-16-9-17-35-38(31)33-23-34-37(24-36(33)47-35)48-42(43-34)28-13-5-2-6-14-28/h1-24H. The second kappa shape index (κ2) is 10.9. The number of hydrogen-bond acceptors (Lipinski definition) is 6. The Labute approximate surface area is 283 Å². The van der Waals surface area contributed by atoms with E-state index < -0.39 is 0 Å². The van der Waals surface area contributed by atoms with Gasteiger partial charge in [0.2, 0.25) is 0 Å². The van der Waals surface area contributed by atoms with Crippen molar-refractivity contribution in [3.63, 3.8) is 0 Å². The van der Waals surface area contributed by atoms with E-state index in [9.17, 15) is 0 Å². The molecule has 7 aromatic carbocycles. The minimum Gasteiger partial charge on any atom is -0.236 e. The molecule has 0 saturated heterocycles. The maximum atomic E-state index is 5.20. The van der Waals surface area contributed by atoms with Gasteiger partial charge in [0.15, 0.2) is 17.5 Å². The van der Waals surface area contributed by atoms with Gasteiger partial charge in [0, 0.05) is 42.4 Å². The van der Waals surface area contributed by atoms with Gasteiger partial charge in [-0.15, -0.1) is 22.7 Å². The summed E-state index contributed by atoms with van der Waals surface area (Å²) in [6.45, 7) is 0. The third-order valence-corrected chi connectivity index (χ3v) is 11.1. The van der Waals surface area contributed by atoms with Gasteiger partial charge >= 0.3 is 0 Å². The zero-order chi connectivity index (χ0) is 31.6. The SMILES string of the molecule is c1ccc(-c2nc(-c3ccc4ccc5ccccc5c4c3)nc(-c3cccc4sc5cc6sc(-c7ccccc7)nc6cc5c34)n2)cc1. The van der Waals surface area contributed by atoms with Crippen LogP contribution in [0, 0.1) is 0 Å². The average Bonchev–Trinajstić information content (AvgIpc) is 3.74. The molecule has 0 spiro atoms.